The summed E-state index contributed by atoms with van der Waals surface area (Å²) < 4.78 is 51.9. The van der Waals surface area contributed by atoms with E-state index in [1.54, 1.807) is 19.9 Å². The number of amides is 1. The molecule has 3 rings (SSSR count). The second-order valence-electron chi connectivity index (χ2n) is 5.95. The van der Waals surface area contributed by atoms with Crippen molar-refractivity contribution >= 4 is 22.9 Å². The Morgan fingerprint density at radius 3 is 2.33 bits per heavy atom. The number of thiazole rings is 1. The van der Waals surface area contributed by atoms with E-state index < -0.39 is 23.5 Å². The highest BCUT2D eigenvalue weighted by atomic mass is 32.1. The molecule has 1 N–H and O–H groups in total. The number of rotatable bonds is 3. The smallest absolute Gasteiger partial charge is 0.319 e. The van der Waals surface area contributed by atoms with E-state index in [-0.39, 0.29) is 10.6 Å². The molecule has 0 bridgehead atoms. The number of aryl methyl sites for hydroxylation is 2. The standard InChI is InChI=1S/C19H14F4N2OS/c1-10-3-8-15(14(20)9-10)25-17(26)16-11(2)24-18(27-16)12-4-6-13(7-5-12)19(21,22)23/h3-9H,1-2H3,(H,25,26). The average Bonchev–Trinajstić information content (AvgIpc) is 2.98. The van der Waals surface area contributed by atoms with E-state index in [2.05, 4.69) is 10.3 Å². The molecule has 3 aromatic rings. The number of anilines is 1. The molecule has 0 aliphatic heterocycles. The topological polar surface area (TPSA) is 42.0 Å². The van der Waals surface area contributed by atoms with Crippen LogP contribution in [-0.2, 0) is 6.18 Å². The molecule has 1 amide bonds. The van der Waals surface area contributed by atoms with Gasteiger partial charge in [0.2, 0.25) is 0 Å². The van der Waals surface area contributed by atoms with Gasteiger partial charge in [-0.05, 0) is 43.7 Å². The summed E-state index contributed by atoms with van der Waals surface area (Å²) in [6, 6.07) is 9.00. The van der Waals surface area contributed by atoms with Crippen molar-refractivity contribution in [3.05, 3.63) is 70.0 Å². The van der Waals surface area contributed by atoms with Gasteiger partial charge in [0.1, 0.15) is 15.7 Å². The van der Waals surface area contributed by atoms with E-state index in [1.807, 2.05) is 0 Å². The van der Waals surface area contributed by atoms with Crippen LogP contribution in [0.3, 0.4) is 0 Å². The molecule has 2 aromatic carbocycles. The first-order chi connectivity index (χ1) is 12.6. The van der Waals surface area contributed by atoms with Crippen LogP contribution < -0.4 is 5.32 Å². The SMILES string of the molecule is Cc1ccc(NC(=O)c2sc(-c3ccc(C(F)(F)F)cc3)nc2C)c(F)c1. The van der Waals surface area contributed by atoms with Crippen molar-refractivity contribution < 1.29 is 22.4 Å². The van der Waals surface area contributed by atoms with Gasteiger partial charge in [0, 0.05) is 5.56 Å². The fourth-order valence-electron chi connectivity index (χ4n) is 2.43. The molecule has 0 aliphatic rings. The summed E-state index contributed by atoms with van der Waals surface area (Å²) in [6.45, 7) is 3.35. The number of hydrogen-bond acceptors (Lipinski definition) is 3. The van der Waals surface area contributed by atoms with Crippen LogP contribution in [0.15, 0.2) is 42.5 Å². The van der Waals surface area contributed by atoms with E-state index in [9.17, 15) is 22.4 Å². The summed E-state index contributed by atoms with van der Waals surface area (Å²) >= 11 is 1.04. The molecule has 0 spiro atoms. The van der Waals surface area contributed by atoms with E-state index in [4.69, 9.17) is 0 Å². The van der Waals surface area contributed by atoms with Gasteiger partial charge in [-0.2, -0.15) is 13.2 Å². The Balaban J connectivity index is 1.84. The molecule has 0 aliphatic carbocycles. The van der Waals surface area contributed by atoms with Gasteiger partial charge >= 0.3 is 6.18 Å². The van der Waals surface area contributed by atoms with Crippen molar-refractivity contribution in [2.24, 2.45) is 0 Å². The minimum atomic E-state index is -4.42. The number of halogens is 4. The molecule has 0 radical (unpaired) electrons. The summed E-state index contributed by atoms with van der Waals surface area (Å²) in [5.74, 6) is -1.07. The molecule has 3 nitrogen and oxygen atoms in total. The summed E-state index contributed by atoms with van der Waals surface area (Å²) in [5.41, 5.74) is 0.905. The van der Waals surface area contributed by atoms with Gasteiger partial charge in [-0.3, -0.25) is 4.79 Å². The van der Waals surface area contributed by atoms with Crippen molar-refractivity contribution in [3.63, 3.8) is 0 Å². The largest absolute Gasteiger partial charge is 0.416 e. The second-order valence-corrected chi connectivity index (χ2v) is 6.95. The summed E-state index contributed by atoms with van der Waals surface area (Å²) in [4.78, 5) is 17.0. The zero-order chi connectivity index (χ0) is 19.8. The normalized spacial score (nSPS) is 11.5. The van der Waals surface area contributed by atoms with Crippen LogP contribution >= 0.6 is 11.3 Å². The van der Waals surface area contributed by atoms with E-state index in [1.165, 1.54) is 24.3 Å². The first-order valence-corrected chi connectivity index (χ1v) is 8.69. The lowest BCUT2D eigenvalue weighted by Crippen LogP contribution is -2.12. The maximum absolute atomic E-state index is 13.9. The third-order valence-electron chi connectivity index (χ3n) is 3.83. The summed E-state index contributed by atoms with van der Waals surface area (Å²) in [5, 5.41) is 2.91. The monoisotopic (exact) mass is 394 g/mol. The van der Waals surface area contributed by atoms with Crippen molar-refractivity contribution in [1.82, 2.24) is 4.98 Å². The van der Waals surface area contributed by atoms with Crippen LogP contribution in [0.4, 0.5) is 23.2 Å². The Morgan fingerprint density at radius 1 is 1.07 bits per heavy atom. The number of nitrogens with one attached hydrogen (secondary N) is 1. The van der Waals surface area contributed by atoms with Crippen molar-refractivity contribution in [1.29, 1.82) is 0 Å². The first-order valence-electron chi connectivity index (χ1n) is 7.87. The number of alkyl halides is 3. The molecule has 140 valence electrons. The molecule has 1 aromatic heterocycles. The van der Waals surface area contributed by atoms with Crippen LogP contribution in [0.1, 0.15) is 26.5 Å². The van der Waals surface area contributed by atoms with Crippen LogP contribution in [0.2, 0.25) is 0 Å². The molecule has 1 heterocycles. The van der Waals surface area contributed by atoms with Crippen molar-refractivity contribution in [3.8, 4) is 10.6 Å². The van der Waals surface area contributed by atoms with Gasteiger partial charge < -0.3 is 5.32 Å². The van der Waals surface area contributed by atoms with Crippen LogP contribution in [0.25, 0.3) is 10.6 Å². The van der Waals surface area contributed by atoms with E-state index >= 15 is 0 Å². The van der Waals surface area contributed by atoms with Crippen molar-refractivity contribution in [2.75, 3.05) is 5.32 Å². The third kappa shape index (κ3) is 4.16. The van der Waals surface area contributed by atoms with Gasteiger partial charge in [-0.15, -0.1) is 11.3 Å². The maximum Gasteiger partial charge on any atom is 0.416 e. The molecule has 0 atom stereocenters. The van der Waals surface area contributed by atoms with Crippen molar-refractivity contribution in [2.45, 2.75) is 20.0 Å². The quantitative estimate of drug-likeness (QED) is 0.567. The molecule has 27 heavy (non-hydrogen) atoms. The molecular weight excluding hydrogens is 380 g/mol. The Labute approximate surface area is 156 Å². The molecule has 0 saturated carbocycles. The van der Waals surface area contributed by atoms with Gasteiger partial charge in [-0.1, -0.05) is 18.2 Å². The lowest BCUT2D eigenvalue weighted by atomic mass is 10.1. The Bertz CT molecular complexity index is 994. The minimum Gasteiger partial charge on any atom is -0.319 e. The molecule has 0 unspecified atom stereocenters. The molecule has 8 heteroatoms. The number of nitrogens with zero attached hydrogens (tertiary/aromatic N) is 1. The highest BCUT2D eigenvalue weighted by Crippen LogP contribution is 2.33. The van der Waals surface area contributed by atoms with Crippen LogP contribution in [-0.4, -0.2) is 10.9 Å². The van der Waals surface area contributed by atoms with Gasteiger partial charge in [-0.25, -0.2) is 9.37 Å². The predicted molar refractivity (Wildman–Crippen MR) is 96.4 cm³/mol. The van der Waals surface area contributed by atoms with Crippen LogP contribution in [0, 0.1) is 19.7 Å². The second kappa shape index (κ2) is 7.11. The zero-order valence-corrected chi connectivity index (χ0v) is 15.1. The lowest BCUT2D eigenvalue weighted by molar-refractivity contribution is -0.137. The summed E-state index contributed by atoms with van der Waals surface area (Å²) in [6.07, 6.45) is -4.42. The Morgan fingerprint density at radius 2 is 1.74 bits per heavy atom. The fourth-order valence-corrected chi connectivity index (χ4v) is 3.40. The molecule has 0 fully saturated rings. The Hall–Kier alpha value is -2.74. The minimum absolute atomic E-state index is 0.0504. The number of benzene rings is 2. The van der Waals surface area contributed by atoms with Gasteiger partial charge in [0.25, 0.3) is 5.91 Å². The highest BCUT2D eigenvalue weighted by molar-refractivity contribution is 7.17. The van der Waals surface area contributed by atoms with E-state index in [0.29, 0.717) is 16.3 Å². The summed E-state index contributed by atoms with van der Waals surface area (Å²) in [7, 11) is 0. The van der Waals surface area contributed by atoms with Gasteiger partial charge in [0.05, 0.1) is 16.9 Å². The van der Waals surface area contributed by atoms with Gasteiger partial charge in [0.15, 0.2) is 0 Å². The predicted octanol–water partition coefficient (Wildman–Crippen LogP) is 5.84. The van der Waals surface area contributed by atoms with Crippen LogP contribution in [0.5, 0.6) is 0 Å². The maximum atomic E-state index is 13.9. The number of carbonyl (C=O) groups excluding carboxylic acids is 1. The fraction of sp³-hybridized carbons (Fsp3) is 0.158. The third-order valence-corrected chi connectivity index (χ3v) is 5.04. The number of carbonyl (C=O) groups is 1. The lowest BCUT2D eigenvalue weighted by Gasteiger charge is -2.06. The highest BCUT2D eigenvalue weighted by Gasteiger charge is 2.30. The molecular formula is C19H14F4N2OS. The molecule has 0 saturated heterocycles. The number of hydrogen-bond donors (Lipinski definition) is 1. The number of aromatic nitrogens is 1. The Kier molecular flexibility index (Phi) is 5.01. The van der Waals surface area contributed by atoms with E-state index in [0.717, 1.165) is 29.0 Å². The zero-order valence-electron chi connectivity index (χ0n) is 14.3. The average molecular weight is 394 g/mol. The first kappa shape index (κ1) is 19.0.